The van der Waals surface area contributed by atoms with Gasteiger partial charge in [-0.1, -0.05) is 66.7 Å². The molecule has 4 heteroatoms. The Morgan fingerprint density at radius 1 is 1.04 bits per heavy atom. The standard InChI is InChI=1S/C19H21NO3/c21-14-18-11-5-4-10-17(18)13-20-19(22)15-23-12-6-9-16-7-2-1-3-8-16/h1-11,21H,12-15H2,(H,20,22)/b9-6+. The fourth-order valence-corrected chi connectivity index (χ4v) is 2.10. The van der Waals surface area contributed by atoms with E-state index in [-0.39, 0.29) is 19.1 Å². The van der Waals surface area contributed by atoms with Crippen LogP contribution in [0.5, 0.6) is 0 Å². The molecule has 2 N–H and O–H groups in total. The van der Waals surface area contributed by atoms with Crippen LogP contribution in [0.2, 0.25) is 0 Å². The van der Waals surface area contributed by atoms with Crippen LogP contribution >= 0.6 is 0 Å². The van der Waals surface area contributed by atoms with Crippen LogP contribution in [0.15, 0.2) is 60.7 Å². The summed E-state index contributed by atoms with van der Waals surface area (Å²) in [6.07, 6.45) is 3.83. The molecule has 23 heavy (non-hydrogen) atoms. The number of benzene rings is 2. The molecule has 0 aliphatic rings. The van der Waals surface area contributed by atoms with Gasteiger partial charge in [0.2, 0.25) is 5.91 Å². The van der Waals surface area contributed by atoms with E-state index in [0.29, 0.717) is 13.2 Å². The van der Waals surface area contributed by atoms with Crippen molar-refractivity contribution in [2.24, 2.45) is 0 Å². The lowest BCUT2D eigenvalue weighted by Crippen LogP contribution is -2.27. The number of amides is 1. The average Bonchev–Trinajstić information content (AvgIpc) is 2.60. The monoisotopic (exact) mass is 311 g/mol. The van der Waals surface area contributed by atoms with Gasteiger partial charge in [0.1, 0.15) is 6.61 Å². The molecule has 0 radical (unpaired) electrons. The van der Waals surface area contributed by atoms with Gasteiger partial charge in [-0.15, -0.1) is 0 Å². The molecule has 0 aromatic heterocycles. The average molecular weight is 311 g/mol. The Hall–Kier alpha value is -2.43. The summed E-state index contributed by atoms with van der Waals surface area (Å²) in [7, 11) is 0. The van der Waals surface area contributed by atoms with Crippen molar-refractivity contribution in [2.45, 2.75) is 13.2 Å². The van der Waals surface area contributed by atoms with Gasteiger partial charge in [0.05, 0.1) is 13.2 Å². The van der Waals surface area contributed by atoms with E-state index in [4.69, 9.17) is 4.74 Å². The van der Waals surface area contributed by atoms with E-state index >= 15 is 0 Å². The van der Waals surface area contributed by atoms with Gasteiger partial charge in [0.15, 0.2) is 0 Å². The fraction of sp³-hybridized carbons (Fsp3) is 0.211. The SMILES string of the molecule is O=C(COC/C=C/c1ccccc1)NCc1ccccc1CO. The first kappa shape index (κ1) is 16.9. The molecule has 0 unspecified atom stereocenters. The van der Waals surface area contributed by atoms with Gasteiger partial charge in [0, 0.05) is 6.54 Å². The van der Waals surface area contributed by atoms with E-state index in [1.165, 1.54) is 0 Å². The van der Waals surface area contributed by atoms with Gasteiger partial charge in [-0.25, -0.2) is 0 Å². The first-order valence-corrected chi connectivity index (χ1v) is 7.53. The Labute approximate surface area is 136 Å². The number of hydrogen-bond acceptors (Lipinski definition) is 3. The number of aliphatic hydroxyl groups excluding tert-OH is 1. The number of ether oxygens (including phenoxy) is 1. The van der Waals surface area contributed by atoms with Gasteiger partial charge in [-0.3, -0.25) is 4.79 Å². The molecule has 120 valence electrons. The van der Waals surface area contributed by atoms with Gasteiger partial charge >= 0.3 is 0 Å². The van der Waals surface area contributed by atoms with Crippen molar-refractivity contribution in [1.29, 1.82) is 0 Å². The number of nitrogens with one attached hydrogen (secondary N) is 1. The minimum Gasteiger partial charge on any atom is -0.392 e. The van der Waals surface area contributed by atoms with E-state index in [0.717, 1.165) is 16.7 Å². The highest BCUT2D eigenvalue weighted by Crippen LogP contribution is 2.07. The summed E-state index contributed by atoms with van der Waals surface area (Å²) in [5.74, 6) is -0.175. The van der Waals surface area contributed by atoms with Crippen LogP contribution in [0.3, 0.4) is 0 Å². The molecule has 0 aliphatic carbocycles. The highest BCUT2D eigenvalue weighted by atomic mass is 16.5. The zero-order chi connectivity index (χ0) is 16.3. The lowest BCUT2D eigenvalue weighted by atomic mass is 10.1. The van der Waals surface area contributed by atoms with Crippen LogP contribution in [-0.4, -0.2) is 24.2 Å². The van der Waals surface area contributed by atoms with E-state index in [9.17, 15) is 9.90 Å². The van der Waals surface area contributed by atoms with Crippen LogP contribution in [0.25, 0.3) is 6.08 Å². The predicted molar refractivity (Wildman–Crippen MR) is 90.5 cm³/mol. The highest BCUT2D eigenvalue weighted by molar-refractivity contribution is 5.77. The third kappa shape index (κ3) is 6.06. The van der Waals surface area contributed by atoms with E-state index in [1.807, 2.05) is 66.7 Å². The van der Waals surface area contributed by atoms with Gasteiger partial charge in [-0.2, -0.15) is 0 Å². The minimum absolute atomic E-state index is 0.0143. The molecule has 2 rings (SSSR count). The molecular weight excluding hydrogens is 290 g/mol. The quantitative estimate of drug-likeness (QED) is 0.737. The van der Waals surface area contributed by atoms with Crippen molar-refractivity contribution in [3.05, 3.63) is 77.4 Å². The van der Waals surface area contributed by atoms with Gasteiger partial charge < -0.3 is 15.2 Å². The normalized spacial score (nSPS) is 10.8. The van der Waals surface area contributed by atoms with Gasteiger partial charge in [0.25, 0.3) is 0 Å². The largest absolute Gasteiger partial charge is 0.392 e. The maximum Gasteiger partial charge on any atom is 0.246 e. The smallest absolute Gasteiger partial charge is 0.246 e. The molecular formula is C19H21NO3. The summed E-state index contributed by atoms with van der Waals surface area (Å²) in [5, 5.41) is 12.0. The first-order chi connectivity index (χ1) is 11.3. The van der Waals surface area contributed by atoms with Crippen molar-refractivity contribution < 1.29 is 14.6 Å². The Morgan fingerprint density at radius 3 is 2.48 bits per heavy atom. The van der Waals surface area contributed by atoms with E-state index < -0.39 is 0 Å². The number of aliphatic hydroxyl groups is 1. The second-order valence-electron chi connectivity index (χ2n) is 5.03. The zero-order valence-corrected chi connectivity index (χ0v) is 12.9. The number of carbonyl (C=O) groups is 1. The molecule has 0 heterocycles. The van der Waals surface area contributed by atoms with Crippen molar-refractivity contribution in [2.75, 3.05) is 13.2 Å². The molecule has 0 saturated carbocycles. The van der Waals surface area contributed by atoms with Crippen molar-refractivity contribution in [1.82, 2.24) is 5.32 Å². The molecule has 2 aromatic rings. The molecule has 0 atom stereocenters. The van der Waals surface area contributed by atoms with Crippen molar-refractivity contribution >= 4 is 12.0 Å². The summed E-state index contributed by atoms with van der Waals surface area (Å²) in [4.78, 5) is 11.7. The topological polar surface area (TPSA) is 58.6 Å². The van der Waals surface area contributed by atoms with Crippen LogP contribution in [0, 0.1) is 0 Å². The Morgan fingerprint density at radius 2 is 1.74 bits per heavy atom. The lowest BCUT2D eigenvalue weighted by Gasteiger charge is -2.08. The zero-order valence-electron chi connectivity index (χ0n) is 12.9. The lowest BCUT2D eigenvalue weighted by molar-refractivity contribution is -0.125. The molecule has 1 amide bonds. The third-order valence-corrected chi connectivity index (χ3v) is 3.32. The molecule has 4 nitrogen and oxygen atoms in total. The predicted octanol–water partition coefficient (Wildman–Crippen LogP) is 2.53. The van der Waals surface area contributed by atoms with E-state index in [2.05, 4.69) is 5.32 Å². The van der Waals surface area contributed by atoms with Crippen LogP contribution in [0.1, 0.15) is 16.7 Å². The van der Waals surface area contributed by atoms with Crippen LogP contribution < -0.4 is 5.32 Å². The maximum absolute atomic E-state index is 11.7. The molecule has 2 aromatic carbocycles. The Kier molecular flexibility index (Phi) is 7.04. The third-order valence-electron chi connectivity index (χ3n) is 3.32. The van der Waals surface area contributed by atoms with Crippen LogP contribution in [0.4, 0.5) is 0 Å². The number of rotatable bonds is 8. The molecule has 0 saturated heterocycles. The molecule has 0 aliphatic heterocycles. The molecule has 0 bridgehead atoms. The Balaban J connectivity index is 1.66. The number of carbonyl (C=O) groups excluding carboxylic acids is 1. The second-order valence-corrected chi connectivity index (χ2v) is 5.03. The summed E-state index contributed by atoms with van der Waals surface area (Å²) < 4.78 is 5.31. The number of hydrogen-bond donors (Lipinski definition) is 2. The summed E-state index contributed by atoms with van der Waals surface area (Å²) in [6.45, 7) is 0.752. The summed E-state index contributed by atoms with van der Waals surface area (Å²) in [6, 6.07) is 17.4. The van der Waals surface area contributed by atoms with E-state index in [1.54, 1.807) is 0 Å². The highest BCUT2D eigenvalue weighted by Gasteiger charge is 2.04. The van der Waals surface area contributed by atoms with Crippen LogP contribution in [-0.2, 0) is 22.7 Å². The van der Waals surface area contributed by atoms with Gasteiger partial charge in [-0.05, 0) is 16.7 Å². The molecule has 0 spiro atoms. The minimum atomic E-state index is -0.175. The van der Waals surface area contributed by atoms with Crippen molar-refractivity contribution in [3.8, 4) is 0 Å². The van der Waals surface area contributed by atoms with Crippen molar-refractivity contribution in [3.63, 3.8) is 0 Å². The second kappa shape index (κ2) is 9.56. The Bertz CT molecular complexity index is 638. The first-order valence-electron chi connectivity index (χ1n) is 7.53. The fourth-order valence-electron chi connectivity index (χ4n) is 2.10. The molecule has 0 fully saturated rings. The summed E-state index contributed by atoms with van der Waals surface area (Å²) >= 11 is 0. The summed E-state index contributed by atoms with van der Waals surface area (Å²) in [5.41, 5.74) is 2.83. The maximum atomic E-state index is 11.7.